The highest BCUT2D eigenvalue weighted by molar-refractivity contribution is 6.07. The SMILES string of the molecule is c1ccc(-c2nc(-c3cccc(-c4cccc(-c5nc(-c6ccccc6)c6oc7ccccc7c6n5)c4)c3)nc3ccccc23)cc1. The van der Waals surface area contributed by atoms with Crippen molar-refractivity contribution in [3.8, 4) is 56.4 Å². The van der Waals surface area contributed by atoms with Crippen molar-refractivity contribution in [2.45, 2.75) is 0 Å². The number of rotatable bonds is 5. The molecule has 0 aliphatic rings. The molecule has 3 aromatic heterocycles. The third-order valence-electron chi connectivity index (χ3n) is 8.49. The summed E-state index contributed by atoms with van der Waals surface area (Å²) in [7, 11) is 0. The van der Waals surface area contributed by atoms with Crippen LogP contribution in [0.2, 0.25) is 0 Å². The molecule has 9 aromatic rings. The molecule has 5 heteroatoms. The molecule has 220 valence electrons. The van der Waals surface area contributed by atoms with Crippen molar-refractivity contribution in [1.82, 2.24) is 19.9 Å². The highest BCUT2D eigenvalue weighted by Crippen LogP contribution is 2.36. The quantitative estimate of drug-likeness (QED) is 0.196. The predicted molar refractivity (Wildman–Crippen MR) is 190 cm³/mol. The molecule has 0 fully saturated rings. The summed E-state index contributed by atoms with van der Waals surface area (Å²) in [4.78, 5) is 20.2. The van der Waals surface area contributed by atoms with Crippen molar-refractivity contribution in [2.75, 3.05) is 0 Å². The van der Waals surface area contributed by atoms with Gasteiger partial charge in [0.15, 0.2) is 17.2 Å². The maximum atomic E-state index is 6.30. The summed E-state index contributed by atoms with van der Waals surface area (Å²) in [5.74, 6) is 1.33. The number of aromatic nitrogens is 4. The van der Waals surface area contributed by atoms with E-state index in [4.69, 9.17) is 24.4 Å². The van der Waals surface area contributed by atoms with E-state index in [2.05, 4.69) is 78.9 Å². The van der Waals surface area contributed by atoms with E-state index in [-0.39, 0.29) is 0 Å². The Hall–Kier alpha value is -6.46. The first-order chi connectivity index (χ1) is 23.3. The summed E-state index contributed by atoms with van der Waals surface area (Å²) in [5, 5.41) is 2.00. The standard InChI is InChI=1S/C42H26N4O/c1-3-13-27(14-4-1)37-33-21-7-9-23-35(33)43-41(44-37)31-19-11-17-29(25-31)30-18-12-20-32(26-30)42-45-38(28-15-5-2-6-16-28)40-39(46-42)34-22-8-10-24-36(34)47-40/h1-26H. The Morgan fingerprint density at radius 2 is 0.872 bits per heavy atom. The van der Waals surface area contributed by atoms with Gasteiger partial charge in [-0.25, -0.2) is 19.9 Å². The molecule has 0 amide bonds. The van der Waals surface area contributed by atoms with Crippen molar-refractivity contribution in [3.63, 3.8) is 0 Å². The average Bonchev–Trinajstić information content (AvgIpc) is 3.53. The molecule has 3 heterocycles. The third-order valence-corrected chi connectivity index (χ3v) is 8.49. The van der Waals surface area contributed by atoms with E-state index in [1.54, 1.807) is 0 Å². The summed E-state index contributed by atoms with van der Waals surface area (Å²) >= 11 is 0. The largest absolute Gasteiger partial charge is 0.452 e. The Bertz CT molecular complexity index is 2580. The van der Waals surface area contributed by atoms with Crippen molar-refractivity contribution < 1.29 is 4.42 Å². The Labute approximate surface area is 270 Å². The monoisotopic (exact) mass is 602 g/mol. The van der Waals surface area contributed by atoms with E-state index in [9.17, 15) is 0 Å². The van der Waals surface area contributed by atoms with E-state index in [0.29, 0.717) is 17.2 Å². The molecule has 0 unspecified atom stereocenters. The van der Waals surface area contributed by atoms with Gasteiger partial charge in [-0.3, -0.25) is 0 Å². The van der Waals surface area contributed by atoms with Crippen molar-refractivity contribution in [1.29, 1.82) is 0 Å². The van der Waals surface area contributed by atoms with Crippen LogP contribution in [0.25, 0.3) is 89.4 Å². The lowest BCUT2D eigenvalue weighted by Crippen LogP contribution is -1.95. The summed E-state index contributed by atoms with van der Waals surface area (Å²) in [6.45, 7) is 0. The molecule has 47 heavy (non-hydrogen) atoms. The first kappa shape index (κ1) is 26.9. The fraction of sp³-hybridized carbons (Fsp3) is 0. The molecule has 0 atom stereocenters. The van der Waals surface area contributed by atoms with Gasteiger partial charge in [0.2, 0.25) is 0 Å². The fourth-order valence-electron chi connectivity index (χ4n) is 6.21. The van der Waals surface area contributed by atoms with Gasteiger partial charge in [0.05, 0.1) is 11.2 Å². The second-order valence-electron chi connectivity index (χ2n) is 11.5. The Morgan fingerprint density at radius 1 is 0.362 bits per heavy atom. The lowest BCUT2D eigenvalue weighted by atomic mass is 10.00. The summed E-state index contributed by atoms with van der Waals surface area (Å²) in [5.41, 5.74) is 10.9. The zero-order chi connectivity index (χ0) is 31.2. The van der Waals surface area contributed by atoms with E-state index in [1.807, 2.05) is 78.9 Å². The molecule has 0 spiro atoms. The van der Waals surface area contributed by atoms with Gasteiger partial charge < -0.3 is 4.42 Å². The number of hydrogen-bond acceptors (Lipinski definition) is 5. The fourth-order valence-corrected chi connectivity index (χ4v) is 6.21. The molecular weight excluding hydrogens is 576 g/mol. The molecule has 0 aliphatic carbocycles. The van der Waals surface area contributed by atoms with Gasteiger partial charge >= 0.3 is 0 Å². The van der Waals surface area contributed by atoms with Crippen LogP contribution in [0.15, 0.2) is 162 Å². The Morgan fingerprint density at radius 3 is 1.57 bits per heavy atom. The second kappa shape index (κ2) is 11.2. The number of furan rings is 1. The van der Waals surface area contributed by atoms with Crippen LogP contribution in [-0.2, 0) is 0 Å². The molecular formula is C42H26N4O. The van der Waals surface area contributed by atoms with E-state index in [1.165, 1.54) is 0 Å². The molecule has 0 saturated carbocycles. The smallest absolute Gasteiger partial charge is 0.180 e. The van der Waals surface area contributed by atoms with Crippen LogP contribution in [0.3, 0.4) is 0 Å². The molecule has 0 aliphatic heterocycles. The number of fused-ring (bicyclic) bond motifs is 4. The van der Waals surface area contributed by atoms with Crippen molar-refractivity contribution in [3.05, 3.63) is 158 Å². The van der Waals surface area contributed by atoms with Gasteiger partial charge in [0.25, 0.3) is 0 Å². The molecule has 6 aromatic carbocycles. The highest BCUT2D eigenvalue weighted by atomic mass is 16.3. The molecule has 0 bridgehead atoms. The minimum atomic E-state index is 0.645. The van der Waals surface area contributed by atoms with Crippen molar-refractivity contribution >= 4 is 33.0 Å². The first-order valence-electron chi connectivity index (χ1n) is 15.6. The topological polar surface area (TPSA) is 64.7 Å². The normalized spacial score (nSPS) is 11.4. The highest BCUT2D eigenvalue weighted by Gasteiger charge is 2.18. The van der Waals surface area contributed by atoms with Gasteiger partial charge in [0, 0.05) is 33.0 Å². The van der Waals surface area contributed by atoms with Gasteiger partial charge in [-0.2, -0.15) is 0 Å². The molecule has 0 saturated heterocycles. The van der Waals surface area contributed by atoms with Crippen LogP contribution < -0.4 is 0 Å². The number of para-hydroxylation sites is 2. The van der Waals surface area contributed by atoms with Crippen molar-refractivity contribution in [2.24, 2.45) is 0 Å². The minimum absolute atomic E-state index is 0.645. The van der Waals surface area contributed by atoms with Crippen LogP contribution in [0.1, 0.15) is 0 Å². The van der Waals surface area contributed by atoms with Crippen LogP contribution in [0.4, 0.5) is 0 Å². The lowest BCUT2D eigenvalue weighted by Gasteiger charge is -2.11. The zero-order valence-corrected chi connectivity index (χ0v) is 25.2. The van der Waals surface area contributed by atoms with Crippen LogP contribution in [-0.4, -0.2) is 19.9 Å². The zero-order valence-electron chi connectivity index (χ0n) is 25.2. The summed E-state index contributed by atoms with van der Waals surface area (Å²) in [6, 6.07) is 53.4. The average molecular weight is 603 g/mol. The Balaban J connectivity index is 1.16. The number of nitrogens with zero attached hydrogens (tertiary/aromatic N) is 4. The van der Waals surface area contributed by atoms with Gasteiger partial charge in [-0.1, -0.05) is 127 Å². The molecule has 9 rings (SSSR count). The summed E-state index contributed by atoms with van der Waals surface area (Å²) in [6.07, 6.45) is 0. The maximum Gasteiger partial charge on any atom is 0.180 e. The second-order valence-corrected chi connectivity index (χ2v) is 11.5. The van der Waals surface area contributed by atoms with Crippen LogP contribution in [0, 0.1) is 0 Å². The predicted octanol–water partition coefficient (Wildman–Crippen LogP) is 10.7. The summed E-state index contributed by atoms with van der Waals surface area (Å²) < 4.78 is 6.30. The van der Waals surface area contributed by atoms with E-state index >= 15 is 0 Å². The van der Waals surface area contributed by atoms with Gasteiger partial charge in [-0.15, -0.1) is 0 Å². The third kappa shape index (κ3) is 4.82. The number of hydrogen-bond donors (Lipinski definition) is 0. The van der Waals surface area contributed by atoms with Gasteiger partial charge in [0.1, 0.15) is 16.8 Å². The molecule has 0 radical (unpaired) electrons. The minimum Gasteiger partial charge on any atom is -0.452 e. The van der Waals surface area contributed by atoms with Crippen LogP contribution in [0.5, 0.6) is 0 Å². The maximum absolute atomic E-state index is 6.30. The van der Waals surface area contributed by atoms with E-state index in [0.717, 1.165) is 72.2 Å². The molecule has 0 N–H and O–H groups in total. The van der Waals surface area contributed by atoms with E-state index < -0.39 is 0 Å². The Kier molecular flexibility index (Phi) is 6.39. The van der Waals surface area contributed by atoms with Gasteiger partial charge in [-0.05, 0) is 41.5 Å². The molecule has 5 nitrogen and oxygen atoms in total. The first-order valence-corrected chi connectivity index (χ1v) is 15.6. The van der Waals surface area contributed by atoms with Crippen LogP contribution >= 0.6 is 0 Å². The number of benzene rings is 6. The lowest BCUT2D eigenvalue weighted by molar-refractivity contribution is 0.667.